The van der Waals surface area contributed by atoms with Crippen LogP contribution in [0.25, 0.3) is 0 Å². The molecule has 0 aromatic heterocycles. The largest absolute Gasteiger partial charge is 0.300 e. The standard InChI is InChI=1S/C7H11ClO/c1-5(9)6-3-2-4-7(6)8/h6-7H,2-4H2,1H3/t6-,7+/m1/s1. The van der Waals surface area contributed by atoms with Gasteiger partial charge < -0.3 is 0 Å². The van der Waals surface area contributed by atoms with Gasteiger partial charge in [-0.05, 0) is 19.8 Å². The fraction of sp³-hybridized carbons (Fsp3) is 0.857. The van der Waals surface area contributed by atoms with Crippen molar-refractivity contribution in [3.63, 3.8) is 0 Å². The Morgan fingerprint density at radius 2 is 2.22 bits per heavy atom. The van der Waals surface area contributed by atoms with Gasteiger partial charge in [0.15, 0.2) is 0 Å². The lowest BCUT2D eigenvalue weighted by Crippen LogP contribution is -2.15. The van der Waals surface area contributed by atoms with Gasteiger partial charge in [-0.3, -0.25) is 4.79 Å². The van der Waals surface area contributed by atoms with Crippen molar-refractivity contribution in [2.24, 2.45) is 5.92 Å². The van der Waals surface area contributed by atoms with Crippen molar-refractivity contribution in [2.75, 3.05) is 0 Å². The van der Waals surface area contributed by atoms with Crippen LogP contribution in [-0.2, 0) is 4.79 Å². The summed E-state index contributed by atoms with van der Waals surface area (Å²) in [5.74, 6) is 0.416. The highest BCUT2D eigenvalue weighted by molar-refractivity contribution is 6.22. The first-order valence-corrected chi connectivity index (χ1v) is 3.80. The topological polar surface area (TPSA) is 17.1 Å². The van der Waals surface area contributed by atoms with Crippen LogP contribution in [0.1, 0.15) is 26.2 Å². The van der Waals surface area contributed by atoms with Gasteiger partial charge in [0, 0.05) is 11.3 Å². The van der Waals surface area contributed by atoms with E-state index < -0.39 is 0 Å². The van der Waals surface area contributed by atoms with Gasteiger partial charge in [-0.2, -0.15) is 0 Å². The molecule has 0 aliphatic heterocycles. The van der Waals surface area contributed by atoms with E-state index in [2.05, 4.69) is 0 Å². The van der Waals surface area contributed by atoms with E-state index in [-0.39, 0.29) is 17.1 Å². The molecule has 0 amide bonds. The third-order valence-corrected chi connectivity index (χ3v) is 2.48. The molecule has 0 heterocycles. The van der Waals surface area contributed by atoms with E-state index >= 15 is 0 Å². The van der Waals surface area contributed by atoms with Crippen LogP contribution in [0.4, 0.5) is 0 Å². The zero-order chi connectivity index (χ0) is 6.85. The summed E-state index contributed by atoms with van der Waals surface area (Å²) in [6.45, 7) is 1.63. The number of Topliss-reactive ketones (excluding diaryl/α,β-unsaturated/α-hetero) is 1. The average molecular weight is 147 g/mol. The molecule has 0 bridgehead atoms. The molecule has 0 spiro atoms. The fourth-order valence-corrected chi connectivity index (χ4v) is 1.83. The third kappa shape index (κ3) is 1.45. The molecule has 2 heteroatoms. The zero-order valence-corrected chi connectivity index (χ0v) is 6.32. The van der Waals surface area contributed by atoms with Gasteiger partial charge in [0.05, 0.1) is 0 Å². The molecule has 2 atom stereocenters. The summed E-state index contributed by atoms with van der Waals surface area (Å²) in [6.07, 6.45) is 3.15. The van der Waals surface area contributed by atoms with E-state index in [1.54, 1.807) is 6.92 Å². The molecule has 1 rings (SSSR count). The van der Waals surface area contributed by atoms with E-state index in [9.17, 15) is 4.79 Å². The van der Waals surface area contributed by atoms with Crippen LogP contribution in [0.15, 0.2) is 0 Å². The summed E-state index contributed by atoms with van der Waals surface area (Å²) in [4.78, 5) is 10.8. The van der Waals surface area contributed by atoms with Crippen molar-refractivity contribution in [2.45, 2.75) is 31.6 Å². The SMILES string of the molecule is CC(=O)[C@H]1CCC[C@@H]1Cl. The molecule has 9 heavy (non-hydrogen) atoms. The second-order valence-corrected chi connectivity index (χ2v) is 3.22. The molecule has 0 unspecified atom stereocenters. The van der Waals surface area contributed by atoms with Gasteiger partial charge >= 0.3 is 0 Å². The van der Waals surface area contributed by atoms with Crippen molar-refractivity contribution < 1.29 is 4.79 Å². The van der Waals surface area contributed by atoms with Crippen LogP contribution in [0.2, 0.25) is 0 Å². The Bertz CT molecular complexity index is 122. The molecular formula is C7H11ClO. The van der Waals surface area contributed by atoms with Crippen LogP contribution in [-0.4, -0.2) is 11.2 Å². The van der Waals surface area contributed by atoms with Crippen molar-refractivity contribution in [3.05, 3.63) is 0 Å². The number of ketones is 1. The normalized spacial score (nSPS) is 34.9. The maximum Gasteiger partial charge on any atom is 0.134 e. The molecule has 0 saturated heterocycles. The van der Waals surface area contributed by atoms with Gasteiger partial charge in [-0.25, -0.2) is 0 Å². The first-order chi connectivity index (χ1) is 4.22. The summed E-state index contributed by atoms with van der Waals surface area (Å²) in [7, 11) is 0. The summed E-state index contributed by atoms with van der Waals surface area (Å²) < 4.78 is 0. The summed E-state index contributed by atoms with van der Waals surface area (Å²) in [6, 6.07) is 0. The Labute approximate surface area is 60.4 Å². The number of hydrogen-bond donors (Lipinski definition) is 0. The van der Waals surface area contributed by atoms with E-state index in [4.69, 9.17) is 11.6 Å². The second-order valence-electron chi connectivity index (χ2n) is 2.66. The van der Waals surface area contributed by atoms with E-state index in [1.807, 2.05) is 0 Å². The molecule has 1 fully saturated rings. The maximum absolute atomic E-state index is 10.8. The van der Waals surface area contributed by atoms with Gasteiger partial charge in [-0.1, -0.05) is 6.42 Å². The maximum atomic E-state index is 10.8. The lowest BCUT2D eigenvalue weighted by molar-refractivity contribution is -0.120. The van der Waals surface area contributed by atoms with Crippen LogP contribution in [0, 0.1) is 5.92 Å². The highest BCUT2D eigenvalue weighted by Gasteiger charge is 2.28. The molecule has 1 aliphatic rings. The number of carbonyl (C=O) groups excluding carboxylic acids is 1. The van der Waals surface area contributed by atoms with Crippen molar-refractivity contribution in [1.29, 1.82) is 0 Å². The Hall–Kier alpha value is -0.0400. The minimum atomic E-state index is 0.127. The van der Waals surface area contributed by atoms with Crippen LogP contribution < -0.4 is 0 Å². The number of rotatable bonds is 1. The van der Waals surface area contributed by atoms with E-state index in [0.29, 0.717) is 0 Å². The molecule has 0 aromatic carbocycles. The van der Waals surface area contributed by atoms with Crippen molar-refractivity contribution in [3.8, 4) is 0 Å². The molecule has 1 aliphatic carbocycles. The number of hydrogen-bond acceptors (Lipinski definition) is 1. The van der Waals surface area contributed by atoms with Crippen molar-refractivity contribution >= 4 is 17.4 Å². The van der Waals surface area contributed by atoms with Gasteiger partial charge in [0.2, 0.25) is 0 Å². The lowest BCUT2D eigenvalue weighted by atomic mass is 10.0. The molecule has 0 N–H and O–H groups in total. The zero-order valence-electron chi connectivity index (χ0n) is 5.56. The molecular weight excluding hydrogens is 136 g/mol. The number of alkyl halides is 1. The first kappa shape index (κ1) is 7.07. The smallest absolute Gasteiger partial charge is 0.134 e. The Morgan fingerprint density at radius 1 is 1.56 bits per heavy atom. The molecule has 0 aromatic rings. The molecule has 1 nitrogen and oxygen atoms in total. The quantitative estimate of drug-likeness (QED) is 0.517. The molecule has 0 radical (unpaired) electrons. The van der Waals surface area contributed by atoms with Gasteiger partial charge in [0.1, 0.15) is 5.78 Å². The highest BCUT2D eigenvalue weighted by Crippen LogP contribution is 2.30. The predicted octanol–water partition coefficient (Wildman–Crippen LogP) is 1.98. The summed E-state index contributed by atoms with van der Waals surface area (Å²) >= 11 is 5.85. The van der Waals surface area contributed by atoms with Crippen LogP contribution >= 0.6 is 11.6 Å². The third-order valence-electron chi connectivity index (χ3n) is 1.95. The Morgan fingerprint density at radius 3 is 2.44 bits per heavy atom. The highest BCUT2D eigenvalue weighted by atomic mass is 35.5. The lowest BCUT2D eigenvalue weighted by Gasteiger charge is -2.07. The van der Waals surface area contributed by atoms with Crippen LogP contribution in [0.5, 0.6) is 0 Å². The molecule has 1 saturated carbocycles. The van der Waals surface area contributed by atoms with Crippen molar-refractivity contribution in [1.82, 2.24) is 0 Å². The average Bonchev–Trinajstić information content (AvgIpc) is 2.13. The minimum absolute atomic E-state index is 0.127. The molecule has 52 valence electrons. The summed E-state index contributed by atoms with van der Waals surface area (Å²) in [5.41, 5.74) is 0. The monoisotopic (exact) mass is 146 g/mol. The van der Waals surface area contributed by atoms with Gasteiger partial charge in [0.25, 0.3) is 0 Å². The number of carbonyl (C=O) groups is 1. The van der Waals surface area contributed by atoms with Crippen LogP contribution in [0.3, 0.4) is 0 Å². The second kappa shape index (κ2) is 2.70. The first-order valence-electron chi connectivity index (χ1n) is 3.36. The van der Waals surface area contributed by atoms with E-state index in [0.717, 1.165) is 19.3 Å². The number of halogens is 1. The summed E-state index contributed by atoms with van der Waals surface area (Å²) in [5, 5.41) is 0.127. The Kier molecular flexibility index (Phi) is 2.12. The Balaban J connectivity index is 2.49. The van der Waals surface area contributed by atoms with Gasteiger partial charge in [-0.15, -0.1) is 11.6 Å². The van der Waals surface area contributed by atoms with E-state index in [1.165, 1.54) is 0 Å². The fourth-order valence-electron chi connectivity index (χ4n) is 1.37. The predicted molar refractivity (Wildman–Crippen MR) is 37.7 cm³/mol. The minimum Gasteiger partial charge on any atom is -0.300 e.